The molecule has 0 heterocycles. The van der Waals surface area contributed by atoms with Gasteiger partial charge < -0.3 is 0 Å². The van der Waals surface area contributed by atoms with Gasteiger partial charge in [0.1, 0.15) is 0 Å². The number of rotatable bonds is 2. The smallest absolute Gasteiger partial charge is 0.0724 e. The fourth-order valence-electron chi connectivity index (χ4n) is 0.865. The minimum absolute atomic E-state index is 0.439. The lowest BCUT2D eigenvalue weighted by molar-refractivity contribution is 1.52. The highest BCUT2D eigenvalue weighted by Gasteiger charge is 2.02. The van der Waals surface area contributed by atoms with Crippen molar-refractivity contribution in [3.8, 4) is 0 Å². The van der Waals surface area contributed by atoms with Gasteiger partial charge in [-0.3, -0.25) is 4.99 Å². The molecule has 0 unspecified atom stereocenters. The number of hydrogen-bond acceptors (Lipinski definition) is 1. The summed E-state index contributed by atoms with van der Waals surface area (Å²) >= 11 is 11.5. The number of halogens is 2. The van der Waals surface area contributed by atoms with Gasteiger partial charge in [0.25, 0.3) is 0 Å². The Labute approximate surface area is 81.3 Å². The predicted octanol–water partition coefficient (Wildman–Crippen LogP) is 3.88. The zero-order chi connectivity index (χ0) is 9.14. The van der Waals surface area contributed by atoms with Crippen molar-refractivity contribution >= 4 is 40.6 Å². The molecular weight excluding hydrogens is 193 g/mol. The zero-order valence-electron chi connectivity index (χ0n) is 6.35. The molecule has 0 radical (unpaired) electrons. The number of hydrogen-bond donors (Lipinski definition) is 0. The van der Waals surface area contributed by atoms with E-state index in [1.54, 1.807) is 18.2 Å². The summed E-state index contributed by atoms with van der Waals surface area (Å²) in [6.45, 7) is 7.00. The van der Waals surface area contributed by atoms with Gasteiger partial charge in [-0.1, -0.05) is 29.8 Å². The van der Waals surface area contributed by atoms with Gasteiger partial charge in [0.2, 0.25) is 0 Å². The van der Waals surface area contributed by atoms with Crippen LogP contribution in [0.15, 0.2) is 29.8 Å². The molecule has 1 nitrogen and oxygen atoms in total. The van der Waals surface area contributed by atoms with Crippen LogP contribution in [0.25, 0.3) is 5.03 Å². The van der Waals surface area contributed by atoms with Crippen molar-refractivity contribution in [1.82, 2.24) is 0 Å². The first-order valence-corrected chi connectivity index (χ1v) is 4.02. The molecule has 0 spiro atoms. The Morgan fingerprint density at radius 2 is 2.08 bits per heavy atom. The first-order chi connectivity index (χ1) is 5.65. The first kappa shape index (κ1) is 9.30. The molecule has 1 aromatic rings. The van der Waals surface area contributed by atoms with E-state index in [0.717, 1.165) is 5.56 Å². The van der Waals surface area contributed by atoms with Crippen molar-refractivity contribution in [3.63, 3.8) is 0 Å². The maximum atomic E-state index is 5.74. The lowest BCUT2D eigenvalue weighted by atomic mass is 10.2. The molecule has 0 amide bonds. The van der Waals surface area contributed by atoms with E-state index in [4.69, 9.17) is 23.2 Å². The summed E-state index contributed by atoms with van der Waals surface area (Å²) in [6.07, 6.45) is 0. The average Bonchev–Trinajstić information content (AvgIpc) is 2.03. The molecular formula is C9H7Cl2N. The Hall–Kier alpha value is -0.790. The van der Waals surface area contributed by atoms with Crippen LogP contribution in [-0.2, 0) is 0 Å². The third kappa shape index (κ3) is 1.87. The number of nitrogens with zero attached hydrogens (tertiary/aromatic N) is 1. The van der Waals surface area contributed by atoms with Gasteiger partial charge in [-0.25, -0.2) is 0 Å². The topological polar surface area (TPSA) is 12.4 Å². The van der Waals surface area contributed by atoms with Crippen molar-refractivity contribution in [2.45, 2.75) is 0 Å². The minimum Gasteiger partial charge on any atom is -0.264 e. The van der Waals surface area contributed by atoms with Crippen molar-refractivity contribution in [2.75, 3.05) is 0 Å². The van der Waals surface area contributed by atoms with E-state index in [2.05, 4.69) is 18.3 Å². The van der Waals surface area contributed by atoms with Crippen LogP contribution >= 0.6 is 23.2 Å². The molecule has 0 bridgehead atoms. The Kier molecular flexibility index (Phi) is 2.90. The van der Waals surface area contributed by atoms with E-state index >= 15 is 0 Å². The molecule has 12 heavy (non-hydrogen) atoms. The van der Waals surface area contributed by atoms with E-state index in [0.29, 0.717) is 15.7 Å². The van der Waals surface area contributed by atoms with Gasteiger partial charge in [-0.2, -0.15) is 0 Å². The highest BCUT2D eigenvalue weighted by molar-refractivity contribution is 6.48. The summed E-state index contributed by atoms with van der Waals surface area (Å²) in [5, 5.41) is 1.05. The summed E-state index contributed by atoms with van der Waals surface area (Å²) in [5.74, 6) is 0. The number of benzene rings is 1. The molecule has 0 aliphatic rings. The Morgan fingerprint density at radius 3 is 2.58 bits per heavy atom. The van der Waals surface area contributed by atoms with Crippen molar-refractivity contribution in [1.29, 1.82) is 0 Å². The van der Waals surface area contributed by atoms with Crippen LogP contribution in [0.5, 0.6) is 0 Å². The third-order valence-corrected chi connectivity index (χ3v) is 1.86. The van der Waals surface area contributed by atoms with Gasteiger partial charge >= 0.3 is 0 Å². The lowest BCUT2D eigenvalue weighted by Gasteiger charge is -2.02. The van der Waals surface area contributed by atoms with Crippen LogP contribution < -0.4 is 0 Å². The largest absolute Gasteiger partial charge is 0.264 e. The fourth-order valence-corrected chi connectivity index (χ4v) is 1.19. The SMILES string of the molecule is C=Nc1cc(Cl)ccc1C(=C)Cl. The second kappa shape index (κ2) is 3.74. The van der Waals surface area contributed by atoms with Gasteiger partial charge in [-0.15, -0.1) is 0 Å². The van der Waals surface area contributed by atoms with E-state index in [1.807, 2.05) is 0 Å². The Morgan fingerprint density at radius 1 is 1.42 bits per heavy atom. The first-order valence-electron chi connectivity index (χ1n) is 3.26. The molecule has 0 N–H and O–H groups in total. The monoisotopic (exact) mass is 199 g/mol. The third-order valence-electron chi connectivity index (χ3n) is 1.42. The van der Waals surface area contributed by atoms with Crippen molar-refractivity contribution < 1.29 is 0 Å². The van der Waals surface area contributed by atoms with Crippen LogP contribution in [0, 0.1) is 0 Å². The van der Waals surface area contributed by atoms with Crippen LogP contribution in [0.3, 0.4) is 0 Å². The summed E-state index contributed by atoms with van der Waals surface area (Å²) in [7, 11) is 0. The zero-order valence-corrected chi connectivity index (χ0v) is 7.86. The standard InChI is InChI=1S/C9H7Cl2N/c1-6(10)8-4-3-7(11)5-9(8)12-2/h3-5H,1-2H2. The van der Waals surface area contributed by atoms with Gasteiger partial charge in [0, 0.05) is 15.6 Å². The number of aliphatic imine (C=N–C) groups is 1. The minimum atomic E-state index is 0.439. The highest BCUT2D eigenvalue weighted by atomic mass is 35.5. The molecule has 0 aliphatic heterocycles. The normalized spacial score (nSPS) is 9.50. The molecule has 0 aliphatic carbocycles. The van der Waals surface area contributed by atoms with Gasteiger partial charge in [0.05, 0.1) is 5.69 Å². The van der Waals surface area contributed by atoms with Crippen LogP contribution in [0.4, 0.5) is 5.69 Å². The average molecular weight is 200 g/mol. The van der Waals surface area contributed by atoms with Crippen LogP contribution in [0.2, 0.25) is 5.02 Å². The fraction of sp³-hybridized carbons (Fsp3) is 0. The second-order valence-electron chi connectivity index (χ2n) is 2.22. The van der Waals surface area contributed by atoms with Crippen molar-refractivity contribution in [2.24, 2.45) is 4.99 Å². The Balaban J connectivity index is 3.29. The van der Waals surface area contributed by atoms with E-state index in [1.165, 1.54) is 0 Å². The van der Waals surface area contributed by atoms with Crippen LogP contribution in [-0.4, -0.2) is 6.72 Å². The highest BCUT2D eigenvalue weighted by Crippen LogP contribution is 2.29. The molecule has 1 aromatic carbocycles. The second-order valence-corrected chi connectivity index (χ2v) is 3.12. The summed E-state index contributed by atoms with van der Waals surface area (Å²) < 4.78 is 0. The molecule has 0 fully saturated rings. The Bertz CT molecular complexity index is 331. The molecule has 1 rings (SSSR count). The van der Waals surface area contributed by atoms with Crippen molar-refractivity contribution in [3.05, 3.63) is 35.4 Å². The summed E-state index contributed by atoms with van der Waals surface area (Å²) in [4.78, 5) is 3.77. The molecule has 0 saturated carbocycles. The van der Waals surface area contributed by atoms with E-state index in [-0.39, 0.29) is 0 Å². The summed E-state index contributed by atoms with van der Waals surface area (Å²) in [6, 6.07) is 5.19. The quantitative estimate of drug-likeness (QED) is 0.642. The van der Waals surface area contributed by atoms with Gasteiger partial charge in [0.15, 0.2) is 0 Å². The van der Waals surface area contributed by atoms with Crippen LogP contribution in [0.1, 0.15) is 5.56 Å². The molecule has 3 heteroatoms. The maximum Gasteiger partial charge on any atom is 0.0724 e. The lowest BCUT2D eigenvalue weighted by Crippen LogP contribution is -1.77. The molecule has 0 atom stereocenters. The van der Waals surface area contributed by atoms with Gasteiger partial charge in [-0.05, 0) is 24.9 Å². The van der Waals surface area contributed by atoms with E-state index in [9.17, 15) is 0 Å². The molecule has 0 saturated heterocycles. The molecule has 0 aromatic heterocycles. The molecule has 62 valence electrons. The predicted molar refractivity (Wildman–Crippen MR) is 55.5 cm³/mol. The van der Waals surface area contributed by atoms with E-state index < -0.39 is 0 Å². The summed E-state index contributed by atoms with van der Waals surface area (Å²) in [5.41, 5.74) is 1.42. The maximum absolute atomic E-state index is 5.74.